The van der Waals surface area contributed by atoms with Crippen LogP contribution in [-0.2, 0) is 0 Å². The summed E-state index contributed by atoms with van der Waals surface area (Å²) in [4.78, 5) is 0. The number of hydrogen-bond acceptors (Lipinski definition) is 2. The van der Waals surface area contributed by atoms with E-state index in [9.17, 15) is 5.11 Å². The van der Waals surface area contributed by atoms with Crippen LogP contribution in [0.2, 0.25) is 0 Å². The summed E-state index contributed by atoms with van der Waals surface area (Å²) in [5, 5.41) is 12.2. The minimum atomic E-state index is 0.559. The number of nitrogens with one attached hydrogen (secondary N) is 1. The van der Waals surface area contributed by atoms with Gasteiger partial charge in [-0.25, -0.2) is 0 Å². The van der Waals surface area contributed by atoms with Crippen molar-refractivity contribution in [2.75, 3.05) is 7.05 Å². The lowest BCUT2D eigenvalue weighted by atomic mass is 10.0. The second-order valence-corrected chi connectivity index (χ2v) is 2.38. The highest BCUT2D eigenvalue weighted by Gasteiger charge is 2.08. The van der Waals surface area contributed by atoms with Gasteiger partial charge in [-0.1, -0.05) is 0 Å². The summed E-state index contributed by atoms with van der Waals surface area (Å²) < 4.78 is 0. The number of allylic oxidation sites excluding steroid dienone is 2. The molecule has 0 fully saturated rings. The van der Waals surface area contributed by atoms with Crippen LogP contribution < -0.4 is 5.32 Å². The molecule has 0 saturated carbocycles. The van der Waals surface area contributed by atoms with Crippen LogP contribution in [0, 0.1) is 0 Å². The Balaban J connectivity index is 2.59. The molecule has 0 atom stereocenters. The zero-order valence-electron chi connectivity index (χ0n) is 5.78. The van der Waals surface area contributed by atoms with E-state index in [1.807, 2.05) is 7.05 Å². The molecule has 2 N–H and O–H groups in total. The molecule has 0 bridgehead atoms. The fourth-order valence-corrected chi connectivity index (χ4v) is 1.16. The first-order valence-electron chi connectivity index (χ1n) is 3.43. The van der Waals surface area contributed by atoms with Gasteiger partial charge in [-0.2, -0.15) is 0 Å². The molecule has 0 aromatic heterocycles. The van der Waals surface area contributed by atoms with Gasteiger partial charge in [0.05, 0.1) is 0 Å². The van der Waals surface area contributed by atoms with Crippen LogP contribution in [0.25, 0.3) is 0 Å². The molecule has 0 spiro atoms. The molecule has 1 aliphatic carbocycles. The zero-order valence-corrected chi connectivity index (χ0v) is 5.78. The molecular formula is C7H13NO. The summed E-state index contributed by atoms with van der Waals surface area (Å²) in [6.07, 6.45) is 4.22. The van der Waals surface area contributed by atoms with E-state index in [0.717, 1.165) is 25.0 Å². The topological polar surface area (TPSA) is 32.3 Å². The molecule has 9 heavy (non-hydrogen) atoms. The molecule has 0 heterocycles. The van der Waals surface area contributed by atoms with Gasteiger partial charge in [-0.15, -0.1) is 0 Å². The number of rotatable bonds is 1. The quantitative estimate of drug-likeness (QED) is 0.560. The van der Waals surface area contributed by atoms with Crippen molar-refractivity contribution in [1.29, 1.82) is 0 Å². The molecule has 0 saturated heterocycles. The molecule has 0 unspecified atom stereocenters. The van der Waals surface area contributed by atoms with Crippen LogP contribution in [-0.4, -0.2) is 12.2 Å². The second-order valence-electron chi connectivity index (χ2n) is 2.38. The van der Waals surface area contributed by atoms with Crippen molar-refractivity contribution in [2.45, 2.75) is 25.7 Å². The predicted molar refractivity (Wildman–Crippen MR) is 37.2 cm³/mol. The molecule has 0 aliphatic heterocycles. The average molecular weight is 127 g/mol. The maximum absolute atomic E-state index is 9.19. The van der Waals surface area contributed by atoms with Gasteiger partial charge < -0.3 is 10.4 Å². The third kappa shape index (κ3) is 1.37. The largest absolute Gasteiger partial charge is 0.511 e. The third-order valence-corrected chi connectivity index (χ3v) is 1.74. The van der Waals surface area contributed by atoms with Crippen LogP contribution in [0.15, 0.2) is 11.5 Å². The zero-order chi connectivity index (χ0) is 6.69. The lowest BCUT2D eigenvalue weighted by Crippen LogP contribution is -2.12. The molecule has 0 aromatic carbocycles. The Kier molecular flexibility index (Phi) is 1.98. The van der Waals surface area contributed by atoms with Gasteiger partial charge in [0.15, 0.2) is 0 Å². The highest BCUT2D eigenvalue weighted by molar-refractivity contribution is 5.07. The van der Waals surface area contributed by atoms with Crippen LogP contribution in [0.4, 0.5) is 0 Å². The summed E-state index contributed by atoms with van der Waals surface area (Å²) in [6, 6.07) is 0. The monoisotopic (exact) mass is 127 g/mol. The lowest BCUT2D eigenvalue weighted by Gasteiger charge is -2.14. The molecule has 2 heteroatoms. The SMILES string of the molecule is CNC1=C(O)CCCC1. The van der Waals surface area contributed by atoms with Crippen LogP contribution >= 0.6 is 0 Å². The van der Waals surface area contributed by atoms with Crippen LogP contribution in [0.3, 0.4) is 0 Å². The van der Waals surface area contributed by atoms with Crippen molar-refractivity contribution >= 4 is 0 Å². The molecule has 2 nitrogen and oxygen atoms in total. The Morgan fingerprint density at radius 1 is 1.33 bits per heavy atom. The lowest BCUT2D eigenvalue weighted by molar-refractivity contribution is 0.352. The van der Waals surface area contributed by atoms with E-state index in [-0.39, 0.29) is 0 Å². The maximum atomic E-state index is 9.19. The molecule has 0 amide bonds. The second kappa shape index (κ2) is 2.76. The smallest absolute Gasteiger partial charge is 0.111 e. The third-order valence-electron chi connectivity index (χ3n) is 1.74. The van der Waals surface area contributed by atoms with Crippen molar-refractivity contribution < 1.29 is 5.11 Å². The highest BCUT2D eigenvalue weighted by Crippen LogP contribution is 2.19. The standard InChI is InChI=1S/C7H13NO/c1-8-6-4-2-3-5-7(6)9/h8-9H,2-5H2,1H3. The van der Waals surface area contributed by atoms with Gasteiger partial charge in [-0.3, -0.25) is 0 Å². The summed E-state index contributed by atoms with van der Waals surface area (Å²) in [5.41, 5.74) is 1.03. The molecule has 0 aromatic rings. The van der Waals surface area contributed by atoms with E-state index in [2.05, 4.69) is 5.32 Å². The van der Waals surface area contributed by atoms with E-state index in [4.69, 9.17) is 0 Å². The van der Waals surface area contributed by atoms with Crippen LogP contribution in [0.1, 0.15) is 25.7 Å². The Hall–Kier alpha value is -0.660. The van der Waals surface area contributed by atoms with Gasteiger partial charge in [0.1, 0.15) is 5.76 Å². The summed E-state index contributed by atoms with van der Waals surface area (Å²) in [6.45, 7) is 0. The summed E-state index contributed by atoms with van der Waals surface area (Å²) in [5.74, 6) is 0.559. The number of aliphatic hydroxyl groups excluding tert-OH is 1. The summed E-state index contributed by atoms with van der Waals surface area (Å²) in [7, 11) is 1.86. The van der Waals surface area contributed by atoms with Crippen molar-refractivity contribution in [3.8, 4) is 0 Å². The van der Waals surface area contributed by atoms with Crippen molar-refractivity contribution in [3.63, 3.8) is 0 Å². The average Bonchev–Trinajstić information content (AvgIpc) is 1.89. The van der Waals surface area contributed by atoms with Gasteiger partial charge in [0.2, 0.25) is 0 Å². The van der Waals surface area contributed by atoms with E-state index in [0.29, 0.717) is 5.76 Å². The summed E-state index contributed by atoms with van der Waals surface area (Å²) >= 11 is 0. The molecule has 1 aliphatic rings. The first kappa shape index (κ1) is 6.46. The Labute approximate surface area is 55.6 Å². The molecule has 0 radical (unpaired) electrons. The van der Waals surface area contributed by atoms with E-state index >= 15 is 0 Å². The van der Waals surface area contributed by atoms with Crippen molar-refractivity contribution in [3.05, 3.63) is 11.5 Å². The minimum Gasteiger partial charge on any atom is -0.511 e. The van der Waals surface area contributed by atoms with E-state index in [1.54, 1.807) is 0 Å². The van der Waals surface area contributed by atoms with Crippen molar-refractivity contribution in [1.82, 2.24) is 5.32 Å². The van der Waals surface area contributed by atoms with Gasteiger partial charge in [0.25, 0.3) is 0 Å². The Morgan fingerprint density at radius 2 is 2.00 bits per heavy atom. The van der Waals surface area contributed by atoms with Gasteiger partial charge >= 0.3 is 0 Å². The van der Waals surface area contributed by atoms with Crippen molar-refractivity contribution in [2.24, 2.45) is 0 Å². The first-order chi connectivity index (χ1) is 4.34. The van der Waals surface area contributed by atoms with E-state index in [1.165, 1.54) is 6.42 Å². The highest BCUT2D eigenvalue weighted by atomic mass is 16.3. The minimum absolute atomic E-state index is 0.559. The normalized spacial score (nSPS) is 20.1. The van der Waals surface area contributed by atoms with Crippen LogP contribution in [0.5, 0.6) is 0 Å². The number of aliphatic hydroxyl groups is 1. The van der Waals surface area contributed by atoms with E-state index < -0.39 is 0 Å². The fourth-order valence-electron chi connectivity index (χ4n) is 1.16. The molecule has 52 valence electrons. The Bertz CT molecular complexity index is 129. The number of hydrogen-bond donors (Lipinski definition) is 2. The Morgan fingerprint density at radius 3 is 2.44 bits per heavy atom. The predicted octanol–water partition coefficient (Wildman–Crippen LogP) is 1.55. The first-order valence-corrected chi connectivity index (χ1v) is 3.43. The van der Waals surface area contributed by atoms with Gasteiger partial charge in [0, 0.05) is 19.2 Å². The van der Waals surface area contributed by atoms with Gasteiger partial charge in [-0.05, 0) is 19.3 Å². The molecular weight excluding hydrogens is 114 g/mol. The maximum Gasteiger partial charge on any atom is 0.111 e. The fraction of sp³-hybridized carbons (Fsp3) is 0.714. The molecule has 1 rings (SSSR count).